The van der Waals surface area contributed by atoms with Gasteiger partial charge in [0.05, 0.1) is 16.2 Å². The topological polar surface area (TPSA) is 38.0 Å². The summed E-state index contributed by atoms with van der Waals surface area (Å²) in [6.45, 7) is 2.74. The van der Waals surface area contributed by atoms with Crippen molar-refractivity contribution in [2.45, 2.75) is 44.6 Å². The molecule has 0 spiro atoms. The third-order valence-corrected chi connectivity index (χ3v) is 4.71. The van der Waals surface area contributed by atoms with Crippen LogP contribution in [0.25, 0.3) is 0 Å². The average Bonchev–Trinajstić information content (AvgIpc) is 2.43. The Labute approximate surface area is 119 Å². The summed E-state index contributed by atoms with van der Waals surface area (Å²) in [5.41, 5.74) is 6.55. The fourth-order valence-corrected chi connectivity index (χ4v) is 3.42. The highest BCUT2D eigenvalue weighted by Gasteiger charge is 2.38. The van der Waals surface area contributed by atoms with E-state index in [1.807, 2.05) is 0 Å². The third-order valence-electron chi connectivity index (χ3n) is 4.38. The van der Waals surface area contributed by atoms with Gasteiger partial charge >= 0.3 is 0 Å². The first-order valence-corrected chi connectivity index (χ1v) is 7.42. The summed E-state index contributed by atoms with van der Waals surface area (Å²) in [5.74, 6) is 0.244. The van der Waals surface area contributed by atoms with Crippen molar-refractivity contribution < 1.29 is 4.39 Å². The molecule has 0 aromatic heterocycles. The van der Waals surface area contributed by atoms with Gasteiger partial charge in [0, 0.05) is 6.54 Å². The van der Waals surface area contributed by atoms with Crippen LogP contribution in [-0.4, -0.2) is 12.1 Å². The molecule has 1 aromatic rings. The quantitative estimate of drug-likeness (QED) is 0.870. The van der Waals surface area contributed by atoms with E-state index in [1.165, 1.54) is 25.0 Å². The lowest BCUT2D eigenvalue weighted by Crippen LogP contribution is -2.53. The lowest BCUT2D eigenvalue weighted by molar-refractivity contribution is 0.212. The van der Waals surface area contributed by atoms with Crippen molar-refractivity contribution in [3.05, 3.63) is 29.0 Å². The van der Waals surface area contributed by atoms with Crippen LogP contribution in [0.15, 0.2) is 18.2 Å². The van der Waals surface area contributed by atoms with E-state index in [9.17, 15) is 4.39 Å². The van der Waals surface area contributed by atoms with Gasteiger partial charge in [-0.2, -0.15) is 0 Å². The van der Waals surface area contributed by atoms with Gasteiger partial charge in [-0.3, -0.25) is 0 Å². The summed E-state index contributed by atoms with van der Waals surface area (Å²) in [5, 5.41) is 4.01. The number of hydrogen-bond donors (Lipinski definition) is 2. The molecular formula is C15H22ClFN2. The minimum Gasteiger partial charge on any atom is -0.377 e. The predicted molar refractivity (Wildman–Crippen MR) is 79.1 cm³/mol. The van der Waals surface area contributed by atoms with Gasteiger partial charge in [-0.1, -0.05) is 37.8 Å². The van der Waals surface area contributed by atoms with E-state index >= 15 is 0 Å². The number of rotatable bonds is 4. The Bertz CT molecular complexity index is 438. The molecule has 0 amide bonds. The molecule has 4 heteroatoms. The predicted octanol–water partition coefficient (Wildman–Crippen LogP) is 4.19. The van der Waals surface area contributed by atoms with Crippen molar-refractivity contribution in [2.75, 3.05) is 11.9 Å². The maximum absolute atomic E-state index is 13.4. The summed E-state index contributed by atoms with van der Waals surface area (Å²) in [6.07, 6.45) is 5.69. The molecule has 3 N–H and O–H groups in total. The van der Waals surface area contributed by atoms with Gasteiger partial charge in [0.2, 0.25) is 0 Å². The van der Waals surface area contributed by atoms with Gasteiger partial charge < -0.3 is 11.1 Å². The highest BCUT2D eigenvalue weighted by atomic mass is 35.5. The van der Waals surface area contributed by atoms with E-state index in [1.54, 1.807) is 6.07 Å². The largest absolute Gasteiger partial charge is 0.377 e. The van der Waals surface area contributed by atoms with Crippen LogP contribution in [0, 0.1) is 11.7 Å². The summed E-state index contributed by atoms with van der Waals surface area (Å²) < 4.78 is 13.4. The van der Waals surface area contributed by atoms with Gasteiger partial charge in [-0.25, -0.2) is 4.39 Å². The van der Waals surface area contributed by atoms with Gasteiger partial charge in [0.15, 0.2) is 0 Å². The minimum absolute atomic E-state index is 0.148. The second-order valence-corrected chi connectivity index (χ2v) is 5.87. The zero-order chi connectivity index (χ0) is 13.9. The molecule has 1 aliphatic carbocycles. The van der Waals surface area contributed by atoms with Crippen LogP contribution in [0.5, 0.6) is 0 Å². The molecule has 1 fully saturated rings. The molecule has 0 radical (unpaired) electrons. The first-order chi connectivity index (χ1) is 9.11. The van der Waals surface area contributed by atoms with Gasteiger partial charge in [0.25, 0.3) is 0 Å². The Morgan fingerprint density at radius 1 is 1.47 bits per heavy atom. The van der Waals surface area contributed by atoms with E-state index in [0.29, 0.717) is 23.2 Å². The van der Waals surface area contributed by atoms with E-state index < -0.39 is 0 Å². The van der Waals surface area contributed by atoms with Crippen LogP contribution in [0.2, 0.25) is 5.02 Å². The van der Waals surface area contributed by atoms with Crippen molar-refractivity contribution in [1.29, 1.82) is 0 Å². The maximum Gasteiger partial charge on any atom is 0.125 e. The molecule has 0 bridgehead atoms. The molecule has 2 nitrogen and oxygen atoms in total. The fourth-order valence-electron chi connectivity index (χ4n) is 3.25. The van der Waals surface area contributed by atoms with Crippen molar-refractivity contribution in [3.8, 4) is 0 Å². The van der Waals surface area contributed by atoms with Crippen molar-refractivity contribution >= 4 is 17.3 Å². The third kappa shape index (κ3) is 3.03. The smallest absolute Gasteiger partial charge is 0.125 e. The van der Waals surface area contributed by atoms with E-state index in [4.69, 9.17) is 17.3 Å². The van der Waals surface area contributed by atoms with Crippen LogP contribution >= 0.6 is 11.6 Å². The molecule has 0 aliphatic heterocycles. The van der Waals surface area contributed by atoms with Crippen LogP contribution in [0.3, 0.4) is 0 Å². The monoisotopic (exact) mass is 284 g/mol. The maximum atomic E-state index is 13.4. The molecule has 2 unspecified atom stereocenters. The molecule has 1 aliphatic rings. The molecule has 1 saturated carbocycles. The first kappa shape index (κ1) is 14.6. The minimum atomic E-state index is -0.275. The second kappa shape index (κ2) is 6.10. The van der Waals surface area contributed by atoms with Crippen LogP contribution in [0.4, 0.5) is 10.1 Å². The number of hydrogen-bond acceptors (Lipinski definition) is 2. The van der Waals surface area contributed by atoms with Crippen LogP contribution < -0.4 is 11.1 Å². The normalized spacial score (nSPS) is 27.3. The van der Waals surface area contributed by atoms with Crippen molar-refractivity contribution in [2.24, 2.45) is 11.7 Å². The number of nitrogens with one attached hydrogen (secondary N) is 1. The van der Waals surface area contributed by atoms with E-state index in [2.05, 4.69) is 12.2 Å². The second-order valence-electron chi connectivity index (χ2n) is 5.46. The van der Waals surface area contributed by atoms with E-state index in [-0.39, 0.29) is 11.4 Å². The average molecular weight is 285 g/mol. The molecule has 2 rings (SSSR count). The highest BCUT2D eigenvalue weighted by Crippen LogP contribution is 2.39. The van der Waals surface area contributed by atoms with Crippen LogP contribution in [0.1, 0.15) is 39.0 Å². The fraction of sp³-hybridized carbons (Fsp3) is 0.600. The zero-order valence-electron chi connectivity index (χ0n) is 11.4. The molecule has 1 aromatic carbocycles. The zero-order valence-corrected chi connectivity index (χ0v) is 12.1. The molecular weight excluding hydrogens is 263 g/mol. The van der Waals surface area contributed by atoms with Crippen LogP contribution in [-0.2, 0) is 0 Å². The Morgan fingerprint density at radius 3 is 2.95 bits per heavy atom. The Hall–Kier alpha value is -0.800. The van der Waals surface area contributed by atoms with Crippen molar-refractivity contribution in [3.63, 3.8) is 0 Å². The summed E-state index contributed by atoms with van der Waals surface area (Å²) in [4.78, 5) is 0. The number of anilines is 1. The summed E-state index contributed by atoms with van der Waals surface area (Å²) in [7, 11) is 0. The molecule has 0 saturated heterocycles. The molecule has 0 heterocycles. The molecule has 106 valence electrons. The lowest BCUT2D eigenvalue weighted by Gasteiger charge is -2.45. The Morgan fingerprint density at radius 2 is 2.26 bits per heavy atom. The standard InChI is InChI=1S/C15H22ClFN2/c1-2-11-5-3-4-8-15(11,10-18)19-14-9-12(17)6-7-13(14)16/h6-7,9,11,19H,2-5,8,10,18H2,1H3. The molecule has 19 heavy (non-hydrogen) atoms. The van der Waals surface area contributed by atoms with E-state index in [0.717, 1.165) is 19.3 Å². The molecule has 2 atom stereocenters. The first-order valence-electron chi connectivity index (χ1n) is 7.04. The highest BCUT2D eigenvalue weighted by molar-refractivity contribution is 6.33. The number of halogens is 2. The Balaban J connectivity index is 2.28. The van der Waals surface area contributed by atoms with Gasteiger partial charge in [0.1, 0.15) is 5.82 Å². The van der Waals surface area contributed by atoms with Crippen molar-refractivity contribution in [1.82, 2.24) is 0 Å². The lowest BCUT2D eigenvalue weighted by atomic mass is 9.71. The number of nitrogens with two attached hydrogens (primary N) is 1. The summed E-state index contributed by atoms with van der Waals surface area (Å²) >= 11 is 6.16. The summed E-state index contributed by atoms with van der Waals surface area (Å²) in [6, 6.07) is 4.43. The SMILES string of the molecule is CCC1CCCCC1(CN)Nc1cc(F)ccc1Cl. The van der Waals surface area contributed by atoms with Gasteiger partial charge in [-0.05, 0) is 37.0 Å². The Kier molecular flexibility index (Phi) is 4.69. The van der Waals surface area contributed by atoms with Gasteiger partial charge in [-0.15, -0.1) is 0 Å². The number of benzene rings is 1.